The van der Waals surface area contributed by atoms with Gasteiger partial charge >= 0.3 is 12.1 Å². The van der Waals surface area contributed by atoms with Crippen LogP contribution in [0.15, 0.2) is 36.5 Å². The van der Waals surface area contributed by atoms with E-state index < -0.39 is 17.9 Å². The number of methoxy groups -OCH3 is 1. The number of hydrogen-bond acceptors (Lipinski definition) is 4. The molecule has 2 rings (SSSR count). The third-order valence-electron chi connectivity index (χ3n) is 3.29. The maximum atomic E-state index is 13.8. The van der Waals surface area contributed by atoms with Crippen molar-refractivity contribution in [1.29, 1.82) is 0 Å². The number of nitrogens with one attached hydrogen (secondary N) is 2. The van der Waals surface area contributed by atoms with Crippen molar-refractivity contribution in [2.24, 2.45) is 0 Å². The Labute approximate surface area is 144 Å². The predicted octanol–water partition coefficient (Wildman–Crippen LogP) is 3.37. The minimum Gasteiger partial charge on any atom is -0.453 e. The Kier molecular flexibility index (Phi) is 5.89. The molecular formula is C17H19FN4O3. The van der Waals surface area contributed by atoms with E-state index in [2.05, 4.69) is 20.4 Å². The van der Waals surface area contributed by atoms with Crippen LogP contribution in [0.3, 0.4) is 0 Å². The number of ether oxygens (including phenoxy) is 1. The van der Waals surface area contributed by atoms with Crippen molar-refractivity contribution in [2.45, 2.75) is 13.5 Å². The minimum atomic E-state index is -0.539. The van der Waals surface area contributed by atoms with Crippen LogP contribution in [0.5, 0.6) is 0 Å². The second kappa shape index (κ2) is 8.09. The van der Waals surface area contributed by atoms with E-state index in [0.717, 1.165) is 5.69 Å². The molecule has 8 heteroatoms. The molecule has 0 aliphatic heterocycles. The van der Waals surface area contributed by atoms with E-state index in [1.807, 2.05) is 6.92 Å². The van der Waals surface area contributed by atoms with Crippen molar-refractivity contribution < 1.29 is 18.7 Å². The SMILES string of the molecule is COC(=O)N(C)Cc1cc(F)cc(NC(=O)Nc2ccc(C)nc2)c1. The van der Waals surface area contributed by atoms with Gasteiger partial charge in [0.25, 0.3) is 0 Å². The molecule has 0 saturated heterocycles. The van der Waals surface area contributed by atoms with Gasteiger partial charge in [0.15, 0.2) is 0 Å². The molecule has 1 aromatic heterocycles. The summed E-state index contributed by atoms with van der Waals surface area (Å²) in [7, 11) is 2.79. The lowest BCUT2D eigenvalue weighted by atomic mass is 10.2. The standard InChI is InChI=1S/C17H19FN4O3/c1-11-4-5-14(9-19-11)20-16(23)21-15-7-12(6-13(18)8-15)10-22(2)17(24)25-3/h4-9H,10H2,1-3H3,(H2,20,21,23). The first-order chi connectivity index (χ1) is 11.9. The smallest absolute Gasteiger partial charge is 0.409 e. The molecular weight excluding hydrogens is 327 g/mol. The molecule has 0 bridgehead atoms. The molecule has 1 aromatic carbocycles. The third kappa shape index (κ3) is 5.45. The van der Waals surface area contributed by atoms with E-state index in [0.29, 0.717) is 11.3 Å². The van der Waals surface area contributed by atoms with Crippen LogP contribution < -0.4 is 10.6 Å². The largest absolute Gasteiger partial charge is 0.453 e. The van der Waals surface area contributed by atoms with E-state index in [1.54, 1.807) is 18.2 Å². The lowest BCUT2D eigenvalue weighted by molar-refractivity contribution is 0.131. The van der Waals surface area contributed by atoms with E-state index in [4.69, 9.17) is 0 Å². The molecule has 0 radical (unpaired) electrons. The van der Waals surface area contributed by atoms with Gasteiger partial charge in [-0.1, -0.05) is 0 Å². The Morgan fingerprint density at radius 3 is 2.56 bits per heavy atom. The zero-order valence-electron chi connectivity index (χ0n) is 14.2. The summed E-state index contributed by atoms with van der Waals surface area (Å²) in [6.45, 7) is 1.98. The number of halogens is 1. The number of pyridine rings is 1. The number of hydrogen-bond donors (Lipinski definition) is 2. The van der Waals surface area contributed by atoms with Crippen molar-refractivity contribution in [3.8, 4) is 0 Å². The zero-order valence-corrected chi connectivity index (χ0v) is 14.2. The molecule has 3 amide bonds. The van der Waals surface area contributed by atoms with Crippen molar-refractivity contribution in [1.82, 2.24) is 9.88 Å². The van der Waals surface area contributed by atoms with Gasteiger partial charge < -0.3 is 20.3 Å². The topological polar surface area (TPSA) is 83.6 Å². The quantitative estimate of drug-likeness (QED) is 0.889. The number of anilines is 2. The molecule has 0 fully saturated rings. The monoisotopic (exact) mass is 346 g/mol. The average Bonchev–Trinajstić information content (AvgIpc) is 2.55. The molecule has 7 nitrogen and oxygen atoms in total. The van der Waals surface area contributed by atoms with Crippen LogP contribution in [0.25, 0.3) is 0 Å². The third-order valence-corrected chi connectivity index (χ3v) is 3.29. The Morgan fingerprint density at radius 1 is 1.20 bits per heavy atom. The van der Waals surface area contributed by atoms with Gasteiger partial charge in [-0.3, -0.25) is 4.98 Å². The van der Waals surface area contributed by atoms with Gasteiger partial charge in [0, 0.05) is 25.0 Å². The minimum absolute atomic E-state index is 0.141. The molecule has 25 heavy (non-hydrogen) atoms. The van der Waals surface area contributed by atoms with Crippen molar-refractivity contribution in [3.05, 3.63) is 53.6 Å². The zero-order chi connectivity index (χ0) is 18.4. The summed E-state index contributed by atoms with van der Waals surface area (Å²) in [5, 5.41) is 5.16. The van der Waals surface area contributed by atoms with Gasteiger partial charge in [-0.2, -0.15) is 0 Å². The van der Waals surface area contributed by atoms with Crippen LogP contribution in [0.1, 0.15) is 11.3 Å². The molecule has 132 valence electrons. The summed E-state index contributed by atoms with van der Waals surface area (Å²) in [5.74, 6) is -0.525. The highest BCUT2D eigenvalue weighted by molar-refractivity contribution is 5.99. The van der Waals surface area contributed by atoms with Crippen LogP contribution in [-0.2, 0) is 11.3 Å². The molecule has 2 N–H and O–H groups in total. The van der Waals surface area contributed by atoms with Gasteiger partial charge in [-0.25, -0.2) is 14.0 Å². The summed E-state index contributed by atoms with van der Waals surface area (Å²) in [6.07, 6.45) is 0.987. The molecule has 0 atom stereocenters. The lowest BCUT2D eigenvalue weighted by Crippen LogP contribution is -2.26. The fourth-order valence-corrected chi connectivity index (χ4v) is 2.14. The molecule has 0 aliphatic carbocycles. The summed E-state index contributed by atoms with van der Waals surface area (Å²) < 4.78 is 18.4. The molecule has 0 unspecified atom stereocenters. The molecule has 0 aliphatic rings. The first-order valence-corrected chi connectivity index (χ1v) is 7.46. The maximum absolute atomic E-state index is 13.8. The fraction of sp³-hybridized carbons (Fsp3) is 0.235. The fourth-order valence-electron chi connectivity index (χ4n) is 2.14. The van der Waals surface area contributed by atoms with Crippen molar-refractivity contribution in [2.75, 3.05) is 24.8 Å². The summed E-state index contributed by atoms with van der Waals surface area (Å²) in [4.78, 5) is 28.8. The van der Waals surface area contributed by atoms with Gasteiger partial charge in [-0.05, 0) is 42.8 Å². The average molecular weight is 346 g/mol. The predicted molar refractivity (Wildman–Crippen MR) is 91.9 cm³/mol. The van der Waals surface area contributed by atoms with Gasteiger partial charge in [-0.15, -0.1) is 0 Å². The van der Waals surface area contributed by atoms with Crippen LogP contribution in [0.2, 0.25) is 0 Å². The first-order valence-electron chi connectivity index (χ1n) is 7.46. The summed E-state index contributed by atoms with van der Waals surface area (Å²) >= 11 is 0. The van der Waals surface area contributed by atoms with Crippen LogP contribution >= 0.6 is 0 Å². The number of carbonyl (C=O) groups excluding carboxylic acids is 2. The van der Waals surface area contributed by atoms with Gasteiger partial charge in [0.1, 0.15) is 5.82 Å². The van der Waals surface area contributed by atoms with E-state index in [-0.39, 0.29) is 12.2 Å². The highest BCUT2D eigenvalue weighted by atomic mass is 19.1. The van der Waals surface area contributed by atoms with Crippen molar-refractivity contribution in [3.63, 3.8) is 0 Å². The number of rotatable bonds is 4. The number of urea groups is 1. The number of aryl methyl sites for hydroxylation is 1. The van der Waals surface area contributed by atoms with E-state index >= 15 is 0 Å². The molecule has 1 heterocycles. The lowest BCUT2D eigenvalue weighted by Gasteiger charge is -2.16. The van der Waals surface area contributed by atoms with E-state index in [1.165, 1.54) is 37.4 Å². The maximum Gasteiger partial charge on any atom is 0.409 e. The van der Waals surface area contributed by atoms with Crippen LogP contribution in [0, 0.1) is 12.7 Å². The van der Waals surface area contributed by atoms with Crippen LogP contribution in [0.4, 0.5) is 25.4 Å². The molecule has 0 saturated carbocycles. The number of amides is 3. The van der Waals surface area contributed by atoms with Crippen molar-refractivity contribution >= 4 is 23.5 Å². The molecule has 0 spiro atoms. The Bertz CT molecular complexity index is 765. The Hall–Kier alpha value is -3.16. The second-order valence-corrected chi connectivity index (χ2v) is 5.44. The number of nitrogens with zero attached hydrogens (tertiary/aromatic N) is 2. The first kappa shape index (κ1) is 18.2. The highest BCUT2D eigenvalue weighted by Gasteiger charge is 2.11. The molecule has 2 aromatic rings. The highest BCUT2D eigenvalue weighted by Crippen LogP contribution is 2.16. The Balaban J connectivity index is 2.04. The number of aromatic nitrogens is 1. The Morgan fingerprint density at radius 2 is 1.92 bits per heavy atom. The number of benzene rings is 1. The summed E-state index contributed by atoms with van der Waals surface area (Å²) in [5.41, 5.74) is 2.13. The number of carbonyl (C=O) groups is 2. The van der Waals surface area contributed by atoms with Gasteiger partial charge in [0.05, 0.1) is 19.0 Å². The normalized spacial score (nSPS) is 10.1. The van der Waals surface area contributed by atoms with E-state index in [9.17, 15) is 14.0 Å². The second-order valence-electron chi connectivity index (χ2n) is 5.44. The summed E-state index contributed by atoms with van der Waals surface area (Å²) in [6, 6.07) is 7.00. The van der Waals surface area contributed by atoms with Gasteiger partial charge in [0.2, 0.25) is 0 Å². The van der Waals surface area contributed by atoms with Crippen LogP contribution in [-0.4, -0.2) is 36.2 Å².